The standard InChI is InChI=1S/C13H19ClN2O/c1-4-9(3)12(15)13(17)16-11-7-8(2)5-6-10(11)14/h5-7,9,12H,4,15H2,1-3H3,(H,16,17)/t9-,12-/m0/s1. The Morgan fingerprint density at radius 2 is 2.18 bits per heavy atom. The zero-order chi connectivity index (χ0) is 13.0. The summed E-state index contributed by atoms with van der Waals surface area (Å²) in [5, 5.41) is 3.30. The molecule has 1 aromatic rings. The van der Waals surface area contributed by atoms with Crippen LogP contribution in [0.15, 0.2) is 18.2 Å². The largest absolute Gasteiger partial charge is 0.323 e. The molecular weight excluding hydrogens is 236 g/mol. The molecule has 0 saturated heterocycles. The Morgan fingerprint density at radius 3 is 2.76 bits per heavy atom. The van der Waals surface area contributed by atoms with Crippen molar-refractivity contribution in [3.63, 3.8) is 0 Å². The maximum absolute atomic E-state index is 11.9. The molecule has 1 aromatic carbocycles. The maximum atomic E-state index is 11.9. The van der Waals surface area contributed by atoms with Gasteiger partial charge in [0.05, 0.1) is 16.8 Å². The van der Waals surface area contributed by atoms with E-state index in [0.29, 0.717) is 10.7 Å². The highest BCUT2D eigenvalue weighted by Crippen LogP contribution is 2.23. The van der Waals surface area contributed by atoms with E-state index in [9.17, 15) is 4.79 Å². The van der Waals surface area contributed by atoms with E-state index < -0.39 is 6.04 Å². The normalized spacial score (nSPS) is 14.2. The quantitative estimate of drug-likeness (QED) is 0.868. The van der Waals surface area contributed by atoms with Crippen LogP contribution < -0.4 is 11.1 Å². The van der Waals surface area contributed by atoms with Crippen molar-refractivity contribution in [1.29, 1.82) is 0 Å². The van der Waals surface area contributed by atoms with Gasteiger partial charge in [0.1, 0.15) is 0 Å². The minimum Gasteiger partial charge on any atom is -0.323 e. The second kappa shape index (κ2) is 6.03. The Kier molecular flexibility index (Phi) is 4.97. The Balaban J connectivity index is 2.77. The first-order valence-electron chi connectivity index (χ1n) is 5.78. The fraction of sp³-hybridized carbons (Fsp3) is 0.462. The van der Waals surface area contributed by atoms with Crippen LogP contribution in [-0.4, -0.2) is 11.9 Å². The van der Waals surface area contributed by atoms with Gasteiger partial charge in [-0.15, -0.1) is 0 Å². The lowest BCUT2D eigenvalue weighted by atomic mass is 9.99. The van der Waals surface area contributed by atoms with E-state index in [-0.39, 0.29) is 11.8 Å². The van der Waals surface area contributed by atoms with Gasteiger partial charge in [0, 0.05) is 0 Å². The van der Waals surface area contributed by atoms with E-state index in [1.807, 2.05) is 32.9 Å². The summed E-state index contributed by atoms with van der Waals surface area (Å²) < 4.78 is 0. The number of nitrogens with one attached hydrogen (secondary N) is 1. The van der Waals surface area contributed by atoms with E-state index in [1.165, 1.54) is 0 Å². The Bertz CT molecular complexity index is 406. The average Bonchev–Trinajstić information content (AvgIpc) is 2.31. The summed E-state index contributed by atoms with van der Waals surface area (Å²) >= 11 is 6.00. The highest BCUT2D eigenvalue weighted by Gasteiger charge is 2.20. The summed E-state index contributed by atoms with van der Waals surface area (Å²) in [7, 11) is 0. The van der Waals surface area contributed by atoms with Crippen molar-refractivity contribution in [2.45, 2.75) is 33.2 Å². The van der Waals surface area contributed by atoms with Gasteiger partial charge in [-0.05, 0) is 30.5 Å². The van der Waals surface area contributed by atoms with Crippen LogP contribution in [-0.2, 0) is 4.79 Å². The van der Waals surface area contributed by atoms with Crippen LogP contribution in [0.25, 0.3) is 0 Å². The first kappa shape index (κ1) is 14.0. The lowest BCUT2D eigenvalue weighted by molar-refractivity contribution is -0.118. The summed E-state index contributed by atoms with van der Waals surface area (Å²) in [6.45, 7) is 5.92. The molecule has 0 aromatic heterocycles. The van der Waals surface area contributed by atoms with Crippen molar-refractivity contribution in [3.05, 3.63) is 28.8 Å². The first-order chi connectivity index (χ1) is 7.95. The molecule has 0 aliphatic rings. The smallest absolute Gasteiger partial charge is 0.241 e. The third kappa shape index (κ3) is 3.72. The molecular formula is C13H19ClN2O. The molecule has 0 heterocycles. The molecule has 0 spiro atoms. The second-order valence-corrected chi connectivity index (χ2v) is 4.79. The molecule has 0 saturated carbocycles. The van der Waals surface area contributed by atoms with E-state index in [1.54, 1.807) is 6.07 Å². The molecule has 17 heavy (non-hydrogen) atoms. The fourth-order valence-electron chi connectivity index (χ4n) is 1.46. The van der Waals surface area contributed by atoms with Gasteiger partial charge in [-0.1, -0.05) is 37.9 Å². The summed E-state index contributed by atoms with van der Waals surface area (Å²) in [5.74, 6) is -0.0366. The van der Waals surface area contributed by atoms with Crippen LogP contribution in [0.4, 0.5) is 5.69 Å². The molecule has 0 unspecified atom stereocenters. The van der Waals surface area contributed by atoms with Gasteiger partial charge in [-0.3, -0.25) is 4.79 Å². The summed E-state index contributed by atoms with van der Waals surface area (Å²) in [4.78, 5) is 11.9. The van der Waals surface area contributed by atoms with Gasteiger partial charge in [0.15, 0.2) is 0 Å². The topological polar surface area (TPSA) is 55.1 Å². The third-order valence-electron chi connectivity index (χ3n) is 2.94. The van der Waals surface area contributed by atoms with Crippen molar-refractivity contribution in [1.82, 2.24) is 0 Å². The average molecular weight is 255 g/mol. The Labute approximate surface area is 107 Å². The van der Waals surface area contributed by atoms with Crippen LogP contribution in [0.5, 0.6) is 0 Å². The summed E-state index contributed by atoms with van der Waals surface area (Å²) in [6.07, 6.45) is 0.871. The van der Waals surface area contributed by atoms with Gasteiger partial charge < -0.3 is 11.1 Å². The van der Waals surface area contributed by atoms with E-state index in [0.717, 1.165) is 12.0 Å². The molecule has 4 heteroatoms. The number of benzene rings is 1. The highest BCUT2D eigenvalue weighted by atomic mass is 35.5. The van der Waals surface area contributed by atoms with Crippen LogP contribution in [0.2, 0.25) is 5.02 Å². The van der Waals surface area contributed by atoms with E-state index >= 15 is 0 Å². The predicted molar refractivity (Wildman–Crippen MR) is 72.2 cm³/mol. The molecule has 0 aliphatic heterocycles. The van der Waals surface area contributed by atoms with Crippen LogP contribution in [0, 0.1) is 12.8 Å². The predicted octanol–water partition coefficient (Wildman–Crippen LogP) is 2.96. The lowest BCUT2D eigenvalue weighted by Crippen LogP contribution is -2.40. The monoisotopic (exact) mass is 254 g/mol. The van der Waals surface area contributed by atoms with Gasteiger partial charge in [0.25, 0.3) is 0 Å². The molecule has 1 amide bonds. The maximum Gasteiger partial charge on any atom is 0.241 e. The minimum absolute atomic E-state index is 0.151. The van der Waals surface area contributed by atoms with Crippen molar-refractivity contribution < 1.29 is 4.79 Å². The first-order valence-corrected chi connectivity index (χ1v) is 6.16. The number of hydrogen-bond donors (Lipinski definition) is 2. The van der Waals surface area contributed by atoms with Crippen LogP contribution in [0.1, 0.15) is 25.8 Å². The van der Waals surface area contributed by atoms with Crippen molar-refractivity contribution in [2.75, 3.05) is 5.32 Å². The number of nitrogens with two attached hydrogens (primary N) is 1. The van der Waals surface area contributed by atoms with Crippen LogP contribution >= 0.6 is 11.6 Å². The molecule has 3 nitrogen and oxygen atoms in total. The molecule has 3 N–H and O–H groups in total. The number of carbonyl (C=O) groups excluding carboxylic acids is 1. The third-order valence-corrected chi connectivity index (χ3v) is 3.27. The molecule has 0 fully saturated rings. The van der Waals surface area contributed by atoms with Crippen molar-refractivity contribution in [2.24, 2.45) is 11.7 Å². The zero-order valence-corrected chi connectivity index (χ0v) is 11.2. The van der Waals surface area contributed by atoms with Gasteiger partial charge >= 0.3 is 0 Å². The minimum atomic E-state index is -0.503. The molecule has 94 valence electrons. The molecule has 2 atom stereocenters. The second-order valence-electron chi connectivity index (χ2n) is 4.38. The number of anilines is 1. The number of amides is 1. The Hall–Kier alpha value is -1.06. The van der Waals surface area contributed by atoms with Crippen molar-refractivity contribution in [3.8, 4) is 0 Å². The lowest BCUT2D eigenvalue weighted by Gasteiger charge is -2.18. The highest BCUT2D eigenvalue weighted by molar-refractivity contribution is 6.33. The summed E-state index contributed by atoms with van der Waals surface area (Å²) in [6, 6.07) is 4.99. The number of halogens is 1. The number of rotatable bonds is 4. The molecule has 0 aliphatic carbocycles. The number of aryl methyl sites for hydroxylation is 1. The Morgan fingerprint density at radius 1 is 1.53 bits per heavy atom. The van der Waals surface area contributed by atoms with E-state index in [2.05, 4.69) is 5.32 Å². The van der Waals surface area contributed by atoms with Crippen LogP contribution in [0.3, 0.4) is 0 Å². The zero-order valence-electron chi connectivity index (χ0n) is 10.5. The molecule has 1 rings (SSSR count). The van der Waals surface area contributed by atoms with E-state index in [4.69, 9.17) is 17.3 Å². The number of carbonyl (C=O) groups is 1. The van der Waals surface area contributed by atoms with Gasteiger partial charge in [0.2, 0.25) is 5.91 Å². The van der Waals surface area contributed by atoms with Gasteiger partial charge in [-0.25, -0.2) is 0 Å². The SMILES string of the molecule is CC[C@H](C)[C@H](N)C(=O)Nc1cc(C)ccc1Cl. The number of hydrogen-bond acceptors (Lipinski definition) is 2. The fourth-order valence-corrected chi connectivity index (χ4v) is 1.63. The summed E-state index contributed by atoms with van der Waals surface area (Å²) in [5.41, 5.74) is 7.52. The van der Waals surface area contributed by atoms with Crippen molar-refractivity contribution >= 4 is 23.2 Å². The molecule has 0 radical (unpaired) electrons. The molecule has 0 bridgehead atoms. The van der Waals surface area contributed by atoms with Gasteiger partial charge in [-0.2, -0.15) is 0 Å².